The van der Waals surface area contributed by atoms with Gasteiger partial charge in [0.2, 0.25) is 0 Å². The molecule has 1 amide bonds. The lowest BCUT2D eigenvalue weighted by Gasteiger charge is -2.27. The second-order valence-electron chi connectivity index (χ2n) is 7.59. The van der Waals surface area contributed by atoms with Gasteiger partial charge in [0.1, 0.15) is 5.60 Å². The zero-order valence-corrected chi connectivity index (χ0v) is 15.2. The van der Waals surface area contributed by atoms with E-state index in [2.05, 4.69) is 0 Å². The standard InChI is InChI=1S/C19H28N2O4/c1-19(2,3)25-17(22)16(15-8-9-21(12-15)18(23)24)10-13-6-4-5-7-14(13)11-20/h4-7,15-16H,8-12,20H2,1-3H3,(H,23,24)/t15-,16-/m0/s1. The molecule has 0 saturated carbocycles. The van der Waals surface area contributed by atoms with Crippen LogP contribution >= 0.6 is 0 Å². The van der Waals surface area contributed by atoms with Crippen LogP contribution in [-0.4, -0.2) is 40.8 Å². The SMILES string of the molecule is CC(C)(C)OC(=O)[C@@H](Cc1ccccc1CN)[C@H]1CCN(C(=O)O)C1. The summed E-state index contributed by atoms with van der Waals surface area (Å²) in [6.07, 6.45) is 0.245. The molecule has 2 rings (SSSR count). The number of carbonyl (C=O) groups is 2. The number of likely N-dealkylation sites (tertiary alicyclic amines) is 1. The van der Waals surface area contributed by atoms with E-state index in [0.29, 0.717) is 32.5 Å². The summed E-state index contributed by atoms with van der Waals surface area (Å²) in [6.45, 7) is 6.75. The quantitative estimate of drug-likeness (QED) is 0.798. The van der Waals surface area contributed by atoms with E-state index < -0.39 is 11.7 Å². The van der Waals surface area contributed by atoms with Gasteiger partial charge >= 0.3 is 12.1 Å². The number of hydrogen-bond acceptors (Lipinski definition) is 4. The molecule has 25 heavy (non-hydrogen) atoms. The summed E-state index contributed by atoms with van der Waals surface area (Å²) >= 11 is 0. The largest absolute Gasteiger partial charge is 0.465 e. The summed E-state index contributed by atoms with van der Waals surface area (Å²) in [6, 6.07) is 7.79. The second-order valence-corrected chi connectivity index (χ2v) is 7.59. The van der Waals surface area contributed by atoms with Gasteiger partial charge in [-0.3, -0.25) is 4.79 Å². The first-order chi connectivity index (χ1) is 11.7. The molecule has 1 aliphatic heterocycles. The first-order valence-electron chi connectivity index (χ1n) is 8.69. The van der Waals surface area contributed by atoms with Crippen LogP contribution in [0.15, 0.2) is 24.3 Å². The molecule has 0 spiro atoms. The van der Waals surface area contributed by atoms with Crippen molar-refractivity contribution >= 4 is 12.1 Å². The Morgan fingerprint density at radius 2 is 1.96 bits per heavy atom. The van der Waals surface area contributed by atoms with Crippen LogP contribution < -0.4 is 5.73 Å². The molecule has 1 heterocycles. The number of ether oxygens (including phenoxy) is 1. The van der Waals surface area contributed by atoms with Gasteiger partial charge in [0.25, 0.3) is 0 Å². The van der Waals surface area contributed by atoms with Gasteiger partial charge in [0.05, 0.1) is 5.92 Å². The molecule has 0 aliphatic carbocycles. The summed E-state index contributed by atoms with van der Waals surface area (Å²) in [7, 11) is 0. The molecule has 6 heteroatoms. The lowest BCUT2D eigenvalue weighted by molar-refractivity contribution is -0.161. The maximum Gasteiger partial charge on any atom is 0.407 e. The third-order valence-electron chi connectivity index (χ3n) is 4.55. The van der Waals surface area contributed by atoms with Crippen LogP contribution in [0.1, 0.15) is 38.3 Å². The highest BCUT2D eigenvalue weighted by molar-refractivity contribution is 5.74. The van der Waals surface area contributed by atoms with Crippen molar-refractivity contribution < 1.29 is 19.4 Å². The number of amides is 1. The average molecular weight is 348 g/mol. The molecule has 2 atom stereocenters. The number of nitrogens with zero attached hydrogens (tertiary/aromatic N) is 1. The van der Waals surface area contributed by atoms with E-state index >= 15 is 0 Å². The number of rotatable bonds is 5. The van der Waals surface area contributed by atoms with E-state index in [-0.39, 0.29) is 17.8 Å². The van der Waals surface area contributed by atoms with Crippen LogP contribution in [0.3, 0.4) is 0 Å². The third-order valence-corrected chi connectivity index (χ3v) is 4.55. The van der Waals surface area contributed by atoms with Crippen molar-refractivity contribution in [2.24, 2.45) is 17.6 Å². The fourth-order valence-corrected chi connectivity index (χ4v) is 3.30. The summed E-state index contributed by atoms with van der Waals surface area (Å²) < 4.78 is 5.62. The van der Waals surface area contributed by atoms with Crippen LogP contribution in [0.4, 0.5) is 4.79 Å². The molecule has 0 unspecified atom stereocenters. The van der Waals surface area contributed by atoms with Crippen LogP contribution in [0.25, 0.3) is 0 Å². The van der Waals surface area contributed by atoms with Gasteiger partial charge in [-0.15, -0.1) is 0 Å². The lowest BCUT2D eigenvalue weighted by Crippen LogP contribution is -2.36. The van der Waals surface area contributed by atoms with Crippen molar-refractivity contribution in [3.05, 3.63) is 35.4 Å². The minimum atomic E-state index is -0.937. The average Bonchev–Trinajstić information content (AvgIpc) is 3.01. The summed E-state index contributed by atoms with van der Waals surface area (Å²) in [5.74, 6) is -0.690. The predicted octanol–water partition coefficient (Wildman–Crippen LogP) is 2.65. The monoisotopic (exact) mass is 348 g/mol. The Labute approximate surface area is 149 Å². The number of carboxylic acid groups (broad SMARTS) is 1. The van der Waals surface area contributed by atoms with Crippen LogP contribution in [-0.2, 0) is 22.5 Å². The lowest BCUT2D eigenvalue weighted by atomic mass is 9.84. The first kappa shape index (κ1) is 19.2. The number of benzene rings is 1. The fraction of sp³-hybridized carbons (Fsp3) is 0.579. The number of esters is 1. The van der Waals surface area contributed by atoms with Gasteiger partial charge in [0, 0.05) is 19.6 Å². The van der Waals surface area contributed by atoms with Crippen molar-refractivity contribution in [3.8, 4) is 0 Å². The molecule has 1 aromatic carbocycles. The van der Waals surface area contributed by atoms with Gasteiger partial charge in [0.15, 0.2) is 0 Å². The topological polar surface area (TPSA) is 92.9 Å². The molecule has 1 fully saturated rings. The zero-order chi connectivity index (χ0) is 18.6. The highest BCUT2D eigenvalue weighted by Crippen LogP contribution is 2.30. The molecule has 3 N–H and O–H groups in total. The van der Waals surface area contributed by atoms with E-state index in [1.165, 1.54) is 4.90 Å². The van der Waals surface area contributed by atoms with E-state index in [1.807, 2.05) is 45.0 Å². The molecular weight excluding hydrogens is 320 g/mol. The minimum absolute atomic E-state index is 0.0446. The Morgan fingerprint density at radius 1 is 1.32 bits per heavy atom. The Bertz CT molecular complexity index is 624. The maximum atomic E-state index is 12.8. The molecule has 0 radical (unpaired) electrons. The van der Waals surface area contributed by atoms with Crippen molar-refractivity contribution in [2.75, 3.05) is 13.1 Å². The molecule has 1 aliphatic rings. The number of carbonyl (C=O) groups excluding carboxylic acids is 1. The van der Waals surface area contributed by atoms with E-state index in [0.717, 1.165) is 11.1 Å². The Morgan fingerprint density at radius 3 is 2.48 bits per heavy atom. The van der Waals surface area contributed by atoms with Crippen LogP contribution in [0.5, 0.6) is 0 Å². The molecular formula is C19H28N2O4. The Balaban J connectivity index is 2.23. The number of nitrogens with two attached hydrogens (primary N) is 1. The molecule has 6 nitrogen and oxygen atoms in total. The molecule has 0 bridgehead atoms. The zero-order valence-electron chi connectivity index (χ0n) is 15.2. The predicted molar refractivity (Wildman–Crippen MR) is 95.1 cm³/mol. The Kier molecular flexibility index (Phi) is 6.06. The minimum Gasteiger partial charge on any atom is -0.465 e. The highest BCUT2D eigenvalue weighted by Gasteiger charge is 2.38. The van der Waals surface area contributed by atoms with Gasteiger partial charge in [-0.05, 0) is 50.7 Å². The van der Waals surface area contributed by atoms with Crippen molar-refractivity contribution in [3.63, 3.8) is 0 Å². The normalized spacial score (nSPS) is 18.9. The van der Waals surface area contributed by atoms with Gasteiger partial charge in [-0.25, -0.2) is 4.79 Å². The summed E-state index contributed by atoms with van der Waals surface area (Å²) in [5, 5.41) is 9.20. The summed E-state index contributed by atoms with van der Waals surface area (Å²) in [4.78, 5) is 25.4. The summed E-state index contributed by atoms with van der Waals surface area (Å²) in [5.41, 5.74) is 7.27. The van der Waals surface area contributed by atoms with Crippen LogP contribution in [0.2, 0.25) is 0 Å². The molecule has 138 valence electrons. The first-order valence-corrected chi connectivity index (χ1v) is 8.69. The van der Waals surface area contributed by atoms with E-state index in [1.54, 1.807) is 0 Å². The maximum absolute atomic E-state index is 12.8. The third kappa shape index (κ3) is 5.19. The smallest absolute Gasteiger partial charge is 0.407 e. The molecule has 0 aromatic heterocycles. The molecule has 1 saturated heterocycles. The van der Waals surface area contributed by atoms with Crippen molar-refractivity contribution in [1.29, 1.82) is 0 Å². The second kappa shape index (κ2) is 7.87. The van der Waals surface area contributed by atoms with E-state index in [4.69, 9.17) is 10.5 Å². The van der Waals surface area contributed by atoms with Crippen LogP contribution in [0, 0.1) is 11.8 Å². The highest BCUT2D eigenvalue weighted by atomic mass is 16.6. The Hall–Kier alpha value is -2.08. The van der Waals surface area contributed by atoms with E-state index in [9.17, 15) is 14.7 Å². The molecule has 1 aromatic rings. The van der Waals surface area contributed by atoms with Gasteiger partial charge in [-0.1, -0.05) is 24.3 Å². The van der Waals surface area contributed by atoms with Crippen molar-refractivity contribution in [1.82, 2.24) is 4.90 Å². The van der Waals surface area contributed by atoms with Gasteiger partial charge in [-0.2, -0.15) is 0 Å². The number of hydrogen-bond donors (Lipinski definition) is 2. The van der Waals surface area contributed by atoms with Crippen molar-refractivity contribution in [2.45, 2.75) is 45.8 Å². The van der Waals surface area contributed by atoms with Gasteiger partial charge < -0.3 is 20.5 Å². The fourth-order valence-electron chi connectivity index (χ4n) is 3.30.